The van der Waals surface area contributed by atoms with E-state index in [9.17, 15) is 9.59 Å². The fourth-order valence-corrected chi connectivity index (χ4v) is 3.34. The van der Waals surface area contributed by atoms with E-state index in [1.807, 2.05) is 0 Å². The minimum atomic E-state index is -0.388. The summed E-state index contributed by atoms with van der Waals surface area (Å²) in [6.07, 6.45) is 7.70. The number of carbonyl (C=O) groups excluding carboxylic acids is 2. The number of esters is 1. The van der Waals surface area contributed by atoms with Crippen molar-refractivity contribution in [1.82, 2.24) is 4.57 Å². The lowest BCUT2D eigenvalue weighted by Gasteiger charge is -2.35. The van der Waals surface area contributed by atoms with Gasteiger partial charge in [-0.05, 0) is 37.8 Å². The number of carbonyl (C=O) groups is 2. The molecule has 1 saturated carbocycles. The van der Waals surface area contributed by atoms with Crippen molar-refractivity contribution in [3.63, 3.8) is 0 Å². The number of aromatic nitrogens is 1. The summed E-state index contributed by atoms with van der Waals surface area (Å²) in [6.45, 7) is 2.63. The molecule has 1 amide bonds. The minimum absolute atomic E-state index is 0.0432. The van der Waals surface area contributed by atoms with Crippen LogP contribution in [0.25, 0.3) is 0 Å². The number of hydrogen-bond acceptors (Lipinski definition) is 4. The van der Waals surface area contributed by atoms with Gasteiger partial charge in [-0.25, -0.2) is 4.79 Å². The van der Waals surface area contributed by atoms with Crippen LogP contribution in [0.3, 0.4) is 0 Å². The number of aryl methyl sites for hydroxylation is 1. The molecule has 23 heavy (non-hydrogen) atoms. The van der Waals surface area contributed by atoms with Crippen LogP contribution < -0.4 is 11.1 Å². The highest BCUT2D eigenvalue weighted by Crippen LogP contribution is 2.38. The van der Waals surface area contributed by atoms with Crippen LogP contribution in [0.2, 0.25) is 0 Å². The van der Waals surface area contributed by atoms with Crippen LogP contribution in [0, 0.1) is 5.41 Å². The van der Waals surface area contributed by atoms with Gasteiger partial charge in [-0.15, -0.1) is 0 Å². The molecule has 0 aliphatic heterocycles. The average molecular weight is 321 g/mol. The molecule has 1 aromatic rings. The van der Waals surface area contributed by atoms with Crippen molar-refractivity contribution in [3.8, 4) is 0 Å². The van der Waals surface area contributed by atoms with Gasteiger partial charge in [0.05, 0.1) is 12.3 Å². The predicted octanol–water partition coefficient (Wildman–Crippen LogP) is 2.44. The van der Waals surface area contributed by atoms with Gasteiger partial charge in [0.1, 0.15) is 5.69 Å². The summed E-state index contributed by atoms with van der Waals surface area (Å²) in [7, 11) is 1.75. The third kappa shape index (κ3) is 4.34. The third-order valence-corrected chi connectivity index (χ3v) is 4.66. The molecule has 0 aromatic carbocycles. The van der Waals surface area contributed by atoms with E-state index in [1.54, 1.807) is 30.8 Å². The lowest BCUT2D eigenvalue weighted by atomic mass is 9.71. The summed E-state index contributed by atoms with van der Waals surface area (Å²) in [5.41, 5.74) is 6.91. The molecule has 0 unspecified atom stereocenters. The number of nitrogens with zero attached hydrogens (tertiary/aromatic N) is 1. The Morgan fingerprint density at radius 1 is 1.35 bits per heavy atom. The van der Waals surface area contributed by atoms with Crippen LogP contribution in [0.15, 0.2) is 12.3 Å². The fraction of sp³-hybridized carbons (Fsp3) is 0.647. The number of hydrogen-bond donors (Lipinski definition) is 2. The molecule has 1 aliphatic carbocycles. The maximum absolute atomic E-state index is 12.4. The molecule has 0 saturated heterocycles. The highest BCUT2D eigenvalue weighted by Gasteiger charge is 2.33. The maximum atomic E-state index is 12.4. The molecule has 0 radical (unpaired) electrons. The van der Waals surface area contributed by atoms with Crippen molar-refractivity contribution < 1.29 is 14.3 Å². The van der Waals surface area contributed by atoms with E-state index in [0.29, 0.717) is 31.0 Å². The lowest BCUT2D eigenvalue weighted by molar-refractivity contribution is -0.118. The maximum Gasteiger partial charge on any atom is 0.355 e. The fourth-order valence-electron chi connectivity index (χ4n) is 3.34. The SMILES string of the molecule is CCOC(=O)c1cc(NC(=O)CC2(CN)CCCCC2)cn1C. The van der Waals surface area contributed by atoms with Crippen LogP contribution in [-0.4, -0.2) is 29.6 Å². The van der Waals surface area contributed by atoms with E-state index in [4.69, 9.17) is 10.5 Å². The van der Waals surface area contributed by atoms with Gasteiger partial charge in [-0.3, -0.25) is 4.79 Å². The second-order valence-corrected chi connectivity index (χ2v) is 6.44. The molecule has 1 aliphatic rings. The number of nitrogens with two attached hydrogens (primary N) is 1. The summed E-state index contributed by atoms with van der Waals surface area (Å²) in [5, 5.41) is 2.88. The molecule has 128 valence electrons. The summed E-state index contributed by atoms with van der Waals surface area (Å²) in [6, 6.07) is 1.64. The van der Waals surface area contributed by atoms with E-state index >= 15 is 0 Å². The summed E-state index contributed by atoms with van der Waals surface area (Å²) in [4.78, 5) is 24.2. The van der Waals surface area contributed by atoms with Gasteiger partial charge in [-0.1, -0.05) is 19.3 Å². The Hall–Kier alpha value is -1.82. The van der Waals surface area contributed by atoms with Crippen molar-refractivity contribution in [2.75, 3.05) is 18.5 Å². The van der Waals surface area contributed by atoms with Crippen LogP contribution >= 0.6 is 0 Å². The molecular formula is C17H27N3O3. The van der Waals surface area contributed by atoms with E-state index in [2.05, 4.69) is 5.32 Å². The monoisotopic (exact) mass is 321 g/mol. The Balaban J connectivity index is 2.00. The number of ether oxygens (including phenoxy) is 1. The zero-order valence-corrected chi connectivity index (χ0v) is 14.1. The Kier molecular flexibility index (Phi) is 5.82. The standard InChI is InChI=1S/C17H27N3O3/c1-3-23-16(22)14-9-13(11-20(14)2)19-15(21)10-17(12-18)7-5-4-6-8-17/h9,11H,3-8,10,12,18H2,1-2H3,(H,19,21). The van der Waals surface area contributed by atoms with E-state index < -0.39 is 0 Å². The zero-order chi connectivity index (χ0) is 16.9. The first-order valence-corrected chi connectivity index (χ1v) is 8.33. The highest BCUT2D eigenvalue weighted by molar-refractivity contribution is 5.94. The van der Waals surface area contributed by atoms with E-state index in [-0.39, 0.29) is 17.3 Å². The van der Waals surface area contributed by atoms with Crippen molar-refractivity contribution in [1.29, 1.82) is 0 Å². The van der Waals surface area contributed by atoms with Crippen LogP contribution in [0.5, 0.6) is 0 Å². The number of rotatable bonds is 6. The first-order chi connectivity index (χ1) is 11.0. The van der Waals surface area contributed by atoms with Crippen molar-refractivity contribution in [3.05, 3.63) is 18.0 Å². The molecule has 2 rings (SSSR count). The molecule has 0 atom stereocenters. The molecule has 1 fully saturated rings. The molecule has 0 spiro atoms. The Morgan fingerprint density at radius 3 is 2.65 bits per heavy atom. The number of anilines is 1. The first kappa shape index (κ1) is 17.5. The molecule has 6 nitrogen and oxygen atoms in total. The number of nitrogens with one attached hydrogen (secondary N) is 1. The van der Waals surface area contributed by atoms with Gasteiger partial charge in [0.25, 0.3) is 0 Å². The summed E-state index contributed by atoms with van der Waals surface area (Å²) >= 11 is 0. The molecule has 0 bridgehead atoms. The number of amides is 1. The van der Waals surface area contributed by atoms with Gasteiger partial charge in [0, 0.05) is 19.7 Å². The van der Waals surface area contributed by atoms with Crippen molar-refractivity contribution >= 4 is 17.6 Å². The zero-order valence-electron chi connectivity index (χ0n) is 14.1. The second-order valence-electron chi connectivity index (χ2n) is 6.44. The molecule has 6 heteroatoms. The smallest absolute Gasteiger partial charge is 0.355 e. The van der Waals surface area contributed by atoms with Crippen LogP contribution in [-0.2, 0) is 16.6 Å². The minimum Gasteiger partial charge on any atom is -0.461 e. The Labute approximate surface area is 137 Å². The van der Waals surface area contributed by atoms with Gasteiger partial charge < -0.3 is 20.4 Å². The predicted molar refractivity (Wildman–Crippen MR) is 89.2 cm³/mol. The normalized spacial score (nSPS) is 16.8. The van der Waals surface area contributed by atoms with Crippen LogP contribution in [0.1, 0.15) is 55.9 Å². The van der Waals surface area contributed by atoms with Crippen molar-refractivity contribution in [2.45, 2.75) is 45.4 Å². The quantitative estimate of drug-likeness (QED) is 0.788. The third-order valence-electron chi connectivity index (χ3n) is 4.66. The molecule has 1 heterocycles. The van der Waals surface area contributed by atoms with Gasteiger partial charge in [0.2, 0.25) is 5.91 Å². The second kappa shape index (κ2) is 7.64. The highest BCUT2D eigenvalue weighted by atomic mass is 16.5. The average Bonchev–Trinajstić information content (AvgIpc) is 2.88. The first-order valence-electron chi connectivity index (χ1n) is 8.33. The Bertz CT molecular complexity index is 559. The summed E-state index contributed by atoms with van der Waals surface area (Å²) < 4.78 is 6.65. The van der Waals surface area contributed by atoms with E-state index in [0.717, 1.165) is 25.7 Å². The van der Waals surface area contributed by atoms with Gasteiger partial charge in [-0.2, -0.15) is 0 Å². The van der Waals surface area contributed by atoms with Gasteiger partial charge in [0.15, 0.2) is 0 Å². The van der Waals surface area contributed by atoms with Crippen LogP contribution in [0.4, 0.5) is 5.69 Å². The Morgan fingerprint density at radius 2 is 2.04 bits per heavy atom. The van der Waals surface area contributed by atoms with Crippen molar-refractivity contribution in [2.24, 2.45) is 18.2 Å². The summed E-state index contributed by atoms with van der Waals surface area (Å²) in [5.74, 6) is -0.431. The largest absolute Gasteiger partial charge is 0.461 e. The topological polar surface area (TPSA) is 86.3 Å². The molecule has 1 aromatic heterocycles. The molecular weight excluding hydrogens is 294 g/mol. The van der Waals surface area contributed by atoms with Gasteiger partial charge >= 0.3 is 5.97 Å². The lowest BCUT2D eigenvalue weighted by Crippen LogP contribution is -2.36. The van der Waals surface area contributed by atoms with E-state index in [1.165, 1.54) is 6.42 Å². The molecule has 3 N–H and O–H groups in total.